The SMILES string of the molecule is N[C@]1(c2ccc(-c3nnc(NC(=O)CC4(N5CCOC5=O)CCCCC4)cc3-c3ccccc3)cc2)C[C@H](F)C1. The molecule has 2 amide bonds. The number of anilines is 1. The minimum atomic E-state index is -0.847. The van der Waals surface area contributed by atoms with Gasteiger partial charge in [-0.25, -0.2) is 9.18 Å². The molecular formula is C31H34FN5O3. The van der Waals surface area contributed by atoms with Crippen LogP contribution in [-0.2, 0) is 15.1 Å². The fraction of sp³-hybridized carbons (Fsp3) is 0.419. The Morgan fingerprint density at radius 1 is 1.02 bits per heavy atom. The second kappa shape index (κ2) is 10.6. The summed E-state index contributed by atoms with van der Waals surface area (Å²) in [6, 6.07) is 19.4. The summed E-state index contributed by atoms with van der Waals surface area (Å²) in [5.41, 5.74) is 9.40. The fourth-order valence-corrected chi connectivity index (χ4v) is 6.49. The standard InChI is InChI=1S/C31H34FN5O3/c32-24-18-31(33,19-24)23-11-9-22(10-12-23)28-25(21-7-3-1-4-8-21)17-26(35-36-28)34-27(38)20-30(13-5-2-6-14-30)37-15-16-40-29(37)39/h1,3-4,7-12,17,24H,2,5-6,13-16,18-20,33H2,(H,34,35,38)/t24-,31+. The second-order valence-electron chi connectivity index (χ2n) is 11.4. The molecule has 6 rings (SSSR count). The van der Waals surface area contributed by atoms with Gasteiger partial charge in [-0.1, -0.05) is 73.9 Å². The van der Waals surface area contributed by atoms with Gasteiger partial charge in [-0.05, 0) is 30.0 Å². The Labute approximate surface area is 233 Å². The number of carbonyl (C=O) groups is 2. The number of hydrogen-bond donors (Lipinski definition) is 2. The van der Waals surface area contributed by atoms with Crippen LogP contribution in [0.15, 0.2) is 60.7 Å². The molecule has 1 saturated heterocycles. The number of amides is 2. The Kier molecular flexibility index (Phi) is 7.00. The van der Waals surface area contributed by atoms with Gasteiger partial charge in [0.15, 0.2) is 5.82 Å². The third kappa shape index (κ3) is 5.06. The molecule has 2 aliphatic carbocycles. The van der Waals surface area contributed by atoms with E-state index < -0.39 is 17.2 Å². The monoisotopic (exact) mass is 543 g/mol. The molecule has 9 heteroatoms. The van der Waals surface area contributed by atoms with Crippen molar-refractivity contribution in [3.8, 4) is 22.4 Å². The van der Waals surface area contributed by atoms with Crippen LogP contribution in [0.2, 0.25) is 0 Å². The maximum Gasteiger partial charge on any atom is 0.410 e. The van der Waals surface area contributed by atoms with E-state index in [1.54, 1.807) is 4.90 Å². The molecule has 208 valence electrons. The zero-order valence-electron chi connectivity index (χ0n) is 22.4. The summed E-state index contributed by atoms with van der Waals surface area (Å²) in [7, 11) is 0. The van der Waals surface area contributed by atoms with Crippen LogP contribution in [0.1, 0.15) is 56.9 Å². The van der Waals surface area contributed by atoms with E-state index in [-0.39, 0.29) is 18.4 Å². The zero-order valence-corrected chi connectivity index (χ0v) is 22.4. The molecule has 1 aromatic heterocycles. The van der Waals surface area contributed by atoms with E-state index in [4.69, 9.17) is 10.5 Å². The summed E-state index contributed by atoms with van der Waals surface area (Å²) in [6.45, 7) is 0.871. The first-order chi connectivity index (χ1) is 19.4. The number of nitrogens with zero attached hydrogens (tertiary/aromatic N) is 3. The summed E-state index contributed by atoms with van der Waals surface area (Å²) in [6.07, 6.45) is 4.27. The maximum absolute atomic E-state index is 13.5. The number of nitrogens with one attached hydrogen (secondary N) is 1. The molecule has 3 aliphatic rings. The highest BCUT2D eigenvalue weighted by Gasteiger charge is 2.45. The lowest BCUT2D eigenvalue weighted by Crippen LogP contribution is -2.52. The first-order valence-electron chi connectivity index (χ1n) is 14.1. The largest absolute Gasteiger partial charge is 0.448 e. The highest BCUT2D eigenvalue weighted by Crippen LogP contribution is 2.42. The summed E-state index contributed by atoms with van der Waals surface area (Å²) in [5, 5.41) is 11.8. The number of rotatable bonds is 7. The lowest BCUT2D eigenvalue weighted by atomic mass is 9.71. The van der Waals surface area contributed by atoms with Crippen LogP contribution in [0.3, 0.4) is 0 Å². The van der Waals surface area contributed by atoms with Crippen LogP contribution in [0.5, 0.6) is 0 Å². The van der Waals surface area contributed by atoms with Crippen LogP contribution in [0.25, 0.3) is 22.4 Å². The fourth-order valence-electron chi connectivity index (χ4n) is 6.49. The van der Waals surface area contributed by atoms with Gasteiger partial charge in [0, 0.05) is 29.5 Å². The summed E-state index contributed by atoms with van der Waals surface area (Å²) in [4.78, 5) is 27.5. The van der Waals surface area contributed by atoms with E-state index in [9.17, 15) is 14.0 Å². The summed E-state index contributed by atoms with van der Waals surface area (Å²) in [5.74, 6) is 0.149. The van der Waals surface area contributed by atoms with Gasteiger partial charge in [-0.3, -0.25) is 9.69 Å². The van der Waals surface area contributed by atoms with Crippen molar-refractivity contribution < 1.29 is 18.7 Å². The molecule has 0 unspecified atom stereocenters. The average molecular weight is 544 g/mol. The lowest BCUT2D eigenvalue weighted by Gasteiger charge is -2.42. The van der Waals surface area contributed by atoms with Crippen LogP contribution in [0.4, 0.5) is 15.0 Å². The summed E-state index contributed by atoms with van der Waals surface area (Å²) < 4.78 is 18.7. The molecular weight excluding hydrogens is 509 g/mol. The number of nitrogens with two attached hydrogens (primary N) is 1. The van der Waals surface area contributed by atoms with Crippen molar-refractivity contribution in [1.82, 2.24) is 15.1 Å². The van der Waals surface area contributed by atoms with Crippen molar-refractivity contribution in [3.63, 3.8) is 0 Å². The second-order valence-corrected chi connectivity index (χ2v) is 11.4. The Hall–Kier alpha value is -3.85. The first kappa shape index (κ1) is 26.4. The topological polar surface area (TPSA) is 110 Å². The van der Waals surface area contributed by atoms with E-state index in [1.165, 1.54) is 0 Å². The molecule has 2 aromatic carbocycles. The lowest BCUT2D eigenvalue weighted by molar-refractivity contribution is -0.119. The number of alkyl halides is 1. The molecule has 8 nitrogen and oxygen atoms in total. The molecule has 3 N–H and O–H groups in total. The number of carbonyl (C=O) groups excluding carboxylic acids is 2. The Bertz CT molecular complexity index is 1390. The zero-order chi connectivity index (χ0) is 27.7. The predicted molar refractivity (Wildman–Crippen MR) is 150 cm³/mol. The maximum atomic E-state index is 13.5. The quantitative estimate of drug-likeness (QED) is 0.403. The van der Waals surface area contributed by atoms with E-state index >= 15 is 0 Å². The minimum absolute atomic E-state index is 0.189. The van der Waals surface area contributed by atoms with E-state index in [1.807, 2.05) is 60.7 Å². The van der Waals surface area contributed by atoms with Gasteiger partial charge in [-0.2, -0.15) is 0 Å². The number of aromatic nitrogens is 2. The average Bonchev–Trinajstić information content (AvgIpc) is 3.40. The van der Waals surface area contributed by atoms with Crippen LogP contribution in [0, 0.1) is 0 Å². The van der Waals surface area contributed by atoms with Gasteiger partial charge < -0.3 is 15.8 Å². The molecule has 1 aliphatic heterocycles. The van der Waals surface area contributed by atoms with Crippen LogP contribution >= 0.6 is 0 Å². The minimum Gasteiger partial charge on any atom is -0.448 e. The van der Waals surface area contributed by atoms with E-state index in [0.29, 0.717) is 37.5 Å². The van der Waals surface area contributed by atoms with Crippen molar-refractivity contribution in [3.05, 3.63) is 66.2 Å². The van der Waals surface area contributed by atoms with Gasteiger partial charge in [0.05, 0.1) is 18.5 Å². The molecule has 0 atom stereocenters. The number of cyclic esters (lactones) is 1. The number of benzene rings is 2. The molecule has 40 heavy (non-hydrogen) atoms. The number of halogens is 1. The first-order valence-corrected chi connectivity index (χ1v) is 14.1. The molecule has 0 radical (unpaired) electrons. The Balaban J connectivity index is 1.26. The van der Waals surface area contributed by atoms with Gasteiger partial charge in [0.1, 0.15) is 18.5 Å². The number of ether oxygens (including phenoxy) is 1. The van der Waals surface area contributed by atoms with Gasteiger partial charge in [0.2, 0.25) is 5.91 Å². The van der Waals surface area contributed by atoms with Gasteiger partial charge in [-0.15, -0.1) is 10.2 Å². The van der Waals surface area contributed by atoms with Crippen molar-refractivity contribution in [2.75, 3.05) is 18.5 Å². The van der Waals surface area contributed by atoms with Crippen molar-refractivity contribution in [2.24, 2.45) is 5.73 Å². The molecule has 2 saturated carbocycles. The van der Waals surface area contributed by atoms with E-state index in [0.717, 1.165) is 54.4 Å². The van der Waals surface area contributed by atoms with Crippen LogP contribution in [-0.4, -0.2) is 52.0 Å². The van der Waals surface area contributed by atoms with Crippen molar-refractivity contribution >= 4 is 17.8 Å². The highest BCUT2D eigenvalue weighted by atomic mass is 19.1. The molecule has 0 bridgehead atoms. The molecule has 0 spiro atoms. The Morgan fingerprint density at radius 2 is 1.75 bits per heavy atom. The van der Waals surface area contributed by atoms with Gasteiger partial charge >= 0.3 is 6.09 Å². The Morgan fingerprint density at radius 3 is 2.40 bits per heavy atom. The van der Waals surface area contributed by atoms with Crippen LogP contribution < -0.4 is 11.1 Å². The number of hydrogen-bond acceptors (Lipinski definition) is 6. The molecule has 2 heterocycles. The third-order valence-electron chi connectivity index (χ3n) is 8.66. The van der Waals surface area contributed by atoms with E-state index in [2.05, 4.69) is 15.5 Å². The molecule has 3 aromatic rings. The normalized spacial score (nSPS) is 23.8. The van der Waals surface area contributed by atoms with Crippen molar-refractivity contribution in [1.29, 1.82) is 0 Å². The smallest absolute Gasteiger partial charge is 0.410 e. The summed E-state index contributed by atoms with van der Waals surface area (Å²) >= 11 is 0. The third-order valence-corrected chi connectivity index (χ3v) is 8.66. The van der Waals surface area contributed by atoms with Crippen molar-refractivity contribution in [2.45, 2.75) is 68.6 Å². The predicted octanol–water partition coefficient (Wildman–Crippen LogP) is 5.58. The molecule has 3 fully saturated rings. The van der Waals surface area contributed by atoms with Gasteiger partial charge in [0.25, 0.3) is 0 Å². The highest BCUT2D eigenvalue weighted by molar-refractivity contribution is 5.92.